The highest BCUT2D eigenvalue weighted by atomic mass is 19.2. The van der Waals surface area contributed by atoms with E-state index in [1.54, 1.807) is 6.07 Å². The van der Waals surface area contributed by atoms with E-state index in [2.05, 4.69) is 5.32 Å². The molecule has 3 heteroatoms. The summed E-state index contributed by atoms with van der Waals surface area (Å²) in [6.07, 6.45) is 0. The van der Waals surface area contributed by atoms with Gasteiger partial charge in [0.05, 0.1) is 0 Å². The zero-order valence-electron chi connectivity index (χ0n) is 10.4. The lowest BCUT2D eigenvalue weighted by Crippen LogP contribution is -2.05. The van der Waals surface area contributed by atoms with Gasteiger partial charge >= 0.3 is 0 Å². The molecule has 0 saturated carbocycles. The van der Waals surface area contributed by atoms with Crippen LogP contribution in [0.4, 0.5) is 8.78 Å². The summed E-state index contributed by atoms with van der Waals surface area (Å²) >= 11 is 0. The highest BCUT2D eigenvalue weighted by Gasteiger charge is 2.07. The molecule has 2 aromatic rings. The average Bonchev–Trinajstić information content (AvgIpc) is 2.34. The molecular weight excluding hydrogens is 232 g/mol. The van der Waals surface area contributed by atoms with Crippen LogP contribution in [-0.2, 0) is 6.54 Å². The minimum atomic E-state index is -0.816. The maximum atomic E-state index is 13.2. The fourth-order valence-corrected chi connectivity index (χ4v) is 2.03. The van der Waals surface area contributed by atoms with Crippen molar-refractivity contribution in [3.05, 3.63) is 59.2 Å². The molecule has 0 heterocycles. The van der Waals surface area contributed by atoms with Crippen molar-refractivity contribution >= 4 is 0 Å². The number of aryl methyl sites for hydroxylation is 1. The van der Waals surface area contributed by atoms with Crippen molar-refractivity contribution in [2.24, 2.45) is 0 Å². The van der Waals surface area contributed by atoms with E-state index >= 15 is 0 Å². The minimum Gasteiger partial charge on any atom is -0.316 e. The van der Waals surface area contributed by atoms with E-state index in [9.17, 15) is 8.78 Å². The first-order valence-corrected chi connectivity index (χ1v) is 5.81. The Kier molecular flexibility index (Phi) is 3.72. The highest BCUT2D eigenvalue weighted by Crippen LogP contribution is 2.25. The monoisotopic (exact) mass is 247 g/mol. The van der Waals surface area contributed by atoms with Gasteiger partial charge in [0.2, 0.25) is 0 Å². The van der Waals surface area contributed by atoms with Gasteiger partial charge in [-0.2, -0.15) is 0 Å². The third-order valence-electron chi connectivity index (χ3n) is 2.90. The van der Waals surface area contributed by atoms with Crippen LogP contribution in [0.3, 0.4) is 0 Å². The molecule has 2 aromatic carbocycles. The predicted octanol–water partition coefficient (Wildman–Crippen LogP) is 3.66. The van der Waals surface area contributed by atoms with E-state index in [4.69, 9.17) is 0 Å². The molecule has 0 aliphatic carbocycles. The van der Waals surface area contributed by atoms with E-state index in [1.165, 1.54) is 11.6 Å². The molecule has 94 valence electrons. The Hall–Kier alpha value is -1.74. The van der Waals surface area contributed by atoms with Crippen LogP contribution in [0.25, 0.3) is 11.1 Å². The Bertz CT molecular complexity index is 564. The van der Waals surface area contributed by atoms with Crippen LogP contribution in [0.5, 0.6) is 0 Å². The summed E-state index contributed by atoms with van der Waals surface area (Å²) in [5.74, 6) is -1.63. The van der Waals surface area contributed by atoms with E-state index < -0.39 is 11.6 Å². The van der Waals surface area contributed by atoms with Crippen molar-refractivity contribution in [1.29, 1.82) is 0 Å². The van der Waals surface area contributed by atoms with Gasteiger partial charge in [0.1, 0.15) is 0 Å². The van der Waals surface area contributed by atoms with Gasteiger partial charge in [-0.3, -0.25) is 0 Å². The van der Waals surface area contributed by atoms with Crippen LogP contribution in [0.1, 0.15) is 11.1 Å². The van der Waals surface area contributed by atoms with Crippen LogP contribution in [0.15, 0.2) is 36.4 Å². The summed E-state index contributed by atoms with van der Waals surface area (Å²) < 4.78 is 26.1. The Balaban J connectivity index is 2.41. The lowest BCUT2D eigenvalue weighted by Gasteiger charge is -2.09. The summed E-state index contributed by atoms with van der Waals surface area (Å²) in [4.78, 5) is 0. The molecule has 0 amide bonds. The third-order valence-corrected chi connectivity index (χ3v) is 2.90. The molecular formula is C15H15F2N. The highest BCUT2D eigenvalue weighted by molar-refractivity contribution is 5.67. The van der Waals surface area contributed by atoms with Gasteiger partial charge in [-0.15, -0.1) is 0 Å². The maximum Gasteiger partial charge on any atom is 0.159 e. The molecule has 0 spiro atoms. The van der Waals surface area contributed by atoms with E-state index in [0.29, 0.717) is 5.56 Å². The molecule has 0 aliphatic heterocycles. The standard InChI is InChI=1S/C15H15F2N/c1-10-7-11(9-18-2)3-5-13(10)12-4-6-14(16)15(17)8-12/h3-8,18H,9H2,1-2H3. The second-order valence-electron chi connectivity index (χ2n) is 4.31. The molecule has 18 heavy (non-hydrogen) atoms. The minimum absolute atomic E-state index is 0.697. The molecule has 0 saturated heterocycles. The van der Waals surface area contributed by atoms with Gasteiger partial charge in [0, 0.05) is 6.54 Å². The summed E-state index contributed by atoms with van der Waals surface area (Å²) in [6, 6.07) is 9.96. The number of benzene rings is 2. The van der Waals surface area contributed by atoms with Crippen molar-refractivity contribution in [3.8, 4) is 11.1 Å². The van der Waals surface area contributed by atoms with Crippen LogP contribution < -0.4 is 5.32 Å². The molecule has 0 radical (unpaired) electrons. The van der Waals surface area contributed by atoms with Crippen molar-refractivity contribution in [2.45, 2.75) is 13.5 Å². The summed E-state index contributed by atoms with van der Waals surface area (Å²) in [5, 5.41) is 3.08. The fraction of sp³-hybridized carbons (Fsp3) is 0.200. The Labute approximate surface area is 105 Å². The van der Waals surface area contributed by atoms with Crippen molar-refractivity contribution in [2.75, 3.05) is 7.05 Å². The molecule has 0 unspecified atom stereocenters. The first kappa shape index (κ1) is 12.7. The molecule has 1 N–H and O–H groups in total. The Morgan fingerprint density at radius 3 is 2.39 bits per heavy atom. The quantitative estimate of drug-likeness (QED) is 0.872. The number of nitrogens with one attached hydrogen (secondary N) is 1. The van der Waals surface area contributed by atoms with Gasteiger partial charge < -0.3 is 5.32 Å². The number of hydrogen-bond donors (Lipinski definition) is 1. The molecule has 0 aliphatic rings. The van der Waals surface area contributed by atoms with Crippen LogP contribution in [0, 0.1) is 18.6 Å². The summed E-state index contributed by atoms with van der Waals surface area (Å²) in [6.45, 7) is 2.76. The largest absolute Gasteiger partial charge is 0.316 e. The smallest absolute Gasteiger partial charge is 0.159 e. The second kappa shape index (κ2) is 5.27. The van der Waals surface area contributed by atoms with E-state index in [0.717, 1.165) is 23.7 Å². The van der Waals surface area contributed by atoms with Crippen LogP contribution in [0.2, 0.25) is 0 Å². The van der Waals surface area contributed by atoms with Crippen molar-refractivity contribution in [1.82, 2.24) is 5.32 Å². The van der Waals surface area contributed by atoms with Crippen molar-refractivity contribution in [3.63, 3.8) is 0 Å². The van der Waals surface area contributed by atoms with Gasteiger partial charge in [-0.05, 0) is 48.4 Å². The first-order valence-electron chi connectivity index (χ1n) is 5.81. The van der Waals surface area contributed by atoms with Gasteiger partial charge in [-0.25, -0.2) is 8.78 Å². The van der Waals surface area contributed by atoms with E-state index in [-0.39, 0.29) is 0 Å². The first-order chi connectivity index (χ1) is 8.61. The average molecular weight is 247 g/mol. The Morgan fingerprint density at radius 2 is 1.78 bits per heavy atom. The lowest BCUT2D eigenvalue weighted by molar-refractivity contribution is 0.509. The molecule has 1 nitrogen and oxygen atoms in total. The number of halogens is 2. The molecule has 2 rings (SSSR count). The maximum absolute atomic E-state index is 13.2. The summed E-state index contributed by atoms with van der Waals surface area (Å²) in [7, 11) is 1.89. The predicted molar refractivity (Wildman–Crippen MR) is 69.3 cm³/mol. The van der Waals surface area contributed by atoms with Gasteiger partial charge in [0.15, 0.2) is 11.6 Å². The molecule has 0 fully saturated rings. The second-order valence-corrected chi connectivity index (χ2v) is 4.31. The topological polar surface area (TPSA) is 12.0 Å². The van der Waals surface area contributed by atoms with E-state index in [1.807, 2.05) is 32.2 Å². The lowest BCUT2D eigenvalue weighted by atomic mass is 9.98. The molecule has 0 atom stereocenters. The third kappa shape index (κ3) is 2.57. The summed E-state index contributed by atoms with van der Waals surface area (Å²) in [5.41, 5.74) is 3.84. The van der Waals surface area contributed by atoms with Gasteiger partial charge in [0.25, 0.3) is 0 Å². The molecule has 0 aromatic heterocycles. The molecule has 0 bridgehead atoms. The number of rotatable bonds is 3. The Morgan fingerprint density at radius 1 is 1.00 bits per heavy atom. The zero-order valence-corrected chi connectivity index (χ0v) is 10.4. The zero-order chi connectivity index (χ0) is 13.1. The van der Waals surface area contributed by atoms with Crippen LogP contribution >= 0.6 is 0 Å². The van der Waals surface area contributed by atoms with Gasteiger partial charge in [-0.1, -0.05) is 24.3 Å². The van der Waals surface area contributed by atoms with Crippen molar-refractivity contribution < 1.29 is 8.78 Å². The van der Waals surface area contributed by atoms with Crippen LogP contribution in [-0.4, -0.2) is 7.05 Å². The fourth-order valence-electron chi connectivity index (χ4n) is 2.03. The number of hydrogen-bond acceptors (Lipinski definition) is 1. The normalized spacial score (nSPS) is 10.7. The SMILES string of the molecule is CNCc1ccc(-c2ccc(F)c(F)c2)c(C)c1.